The summed E-state index contributed by atoms with van der Waals surface area (Å²) in [6.07, 6.45) is 4.04. The van der Waals surface area contributed by atoms with Gasteiger partial charge in [-0.3, -0.25) is 0 Å². The molecule has 0 radical (unpaired) electrons. The number of sulfonamides is 1. The number of rotatable bonds is 6. The summed E-state index contributed by atoms with van der Waals surface area (Å²) < 4.78 is 32.6. The van der Waals surface area contributed by atoms with Gasteiger partial charge in [0.05, 0.1) is 11.4 Å². The zero-order valence-corrected chi connectivity index (χ0v) is 16.9. The van der Waals surface area contributed by atoms with Crippen LogP contribution in [-0.4, -0.2) is 36.0 Å². The van der Waals surface area contributed by atoms with E-state index in [-0.39, 0.29) is 0 Å². The van der Waals surface area contributed by atoms with Gasteiger partial charge in [-0.1, -0.05) is 36.2 Å². The Labute approximate surface area is 170 Å². The van der Waals surface area contributed by atoms with Crippen LogP contribution in [0.3, 0.4) is 0 Å². The second kappa shape index (κ2) is 8.75. The lowest BCUT2D eigenvalue weighted by atomic mass is 10.2. The Balaban J connectivity index is 1.39. The maximum atomic E-state index is 12.8. The van der Waals surface area contributed by atoms with Gasteiger partial charge in [-0.15, -0.1) is 0 Å². The number of benzene rings is 2. The van der Waals surface area contributed by atoms with Gasteiger partial charge in [0.25, 0.3) is 5.89 Å². The molecule has 4 rings (SSSR count). The van der Waals surface area contributed by atoms with Crippen LogP contribution in [0.5, 0.6) is 0 Å². The molecule has 1 aliphatic heterocycles. The molecule has 152 valence electrons. The highest BCUT2D eigenvalue weighted by Gasteiger charge is 2.24. The van der Waals surface area contributed by atoms with Crippen molar-refractivity contribution in [2.24, 2.45) is 0 Å². The molecule has 0 bridgehead atoms. The van der Waals surface area contributed by atoms with Crippen molar-refractivity contribution in [1.29, 1.82) is 0 Å². The zero-order valence-electron chi connectivity index (χ0n) is 16.1. The van der Waals surface area contributed by atoms with Gasteiger partial charge in [-0.05, 0) is 49.2 Å². The van der Waals surface area contributed by atoms with Crippen LogP contribution in [0.4, 0.5) is 5.69 Å². The molecule has 0 atom stereocenters. The summed E-state index contributed by atoms with van der Waals surface area (Å²) in [5.41, 5.74) is 1.67. The van der Waals surface area contributed by atoms with E-state index in [9.17, 15) is 8.42 Å². The molecular formula is C21H24N4O3S. The van der Waals surface area contributed by atoms with Crippen LogP contribution < -0.4 is 5.32 Å². The molecule has 0 aliphatic carbocycles. The van der Waals surface area contributed by atoms with Crippen molar-refractivity contribution in [1.82, 2.24) is 14.4 Å². The molecule has 29 heavy (non-hydrogen) atoms. The van der Waals surface area contributed by atoms with Gasteiger partial charge in [-0.25, -0.2) is 8.42 Å². The number of hydrogen-bond donors (Lipinski definition) is 1. The molecule has 1 N–H and O–H groups in total. The molecule has 0 unspecified atom stereocenters. The van der Waals surface area contributed by atoms with Crippen LogP contribution in [0.2, 0.25) is 0 Å². The third-order valence-corrected chi connectivity index (χ3v) is 6.91. The quantitative estimate of drug-likeness (QED) is 0.660. The van der Waals surface area contributed by atoms with Crippen molar-refractivity contribution in [2.75, 3.05) is 18.4 Å². The highest BCUT2D eigenvalue weighted by atomic mass is 32.2. The van der Waals surface area contributed by atoms with Crippen molar-refractivity contribution in [3.8, 4) is 11.5 Å². The zero-order chi connectivity index (χ0) is 20.1. The Morgan fingerprint density at radius 2 is 1.62 bits per heavy atom. The molecule has 0 saturated carbocycles. The summed E-state index contributed by atoms with van der Waals surface area (Å²) >= 11 is 0. The predicted molar refractivity (Wildman–Crippen MR) is 111 cm³/mol. The molecule has 0 spiro atoms. The molecule has 0 amide bonds. The van der Waals surface area contributed by atoms with E-state index in [0.717, 1.165) is 36.9 Å². The molecule has 1 saturated heterocycles. The van der Waals surface area contributed by atoms with Crippen molar-refractivity contribution < 1.29 is 12.9 Å². The van der Waals surface area contributed by atoms with Crippen LogP contribution in [0, 0.1) is 0 Å². The van der Waals surface area contributed by atoms with Gasteiger partial charge < -0.3 is 9.84 Å². The van der Waals surface area contributed by atoms with Gasteiger partial charge in [0.2, 0.25) is 10.0 Å². The summed E-state index contributed by atoms with van der Waals surface area (Å²) in [7, 11) is -3.43. The minimum absolute atomic E-state index is 0.330. The topological polar surface area (TPSA) is 88.3 Å². The standard InChI is InChI=1S/C21H24N4O3S/c26-29(27,25-14-6-1-2-7-15-25)19-12-10-18(11-13-19)22-16-20-23-21(28-24-20)17-8-4-3-5-9-17/h3-5,8-13,22H,1-2,6-7,14-16H2. The van der Waals surface area contributed by atoms with E-state index in [2.05, 4.69) is 15.5 Å². The second-order valence-corrected chi connectivity index (χ2v) is 9.02. The Morgan fingerprint density at radius 1 is 0.931 bits per heavy atom. The predicted octanol–water partition coefficient (Wildman–Crippen LogP) is 3.91. The lowest BCUT2D eigenvalue weighted by Gasteiger charge is -2.20. The average molecular weight is 413 g/mol. The molecule has 1 aromatic heterocycles. The second-order valence-electron chi connectivity index (χ2n) is 7.08. The third-order valence-electron chi connectivity index (χ3n) is 5.00. The molecule has 3 aromatic rings. The average Bonchev–Trinajstić information content (AvgIpc) is 3.05. The van der Waals surface area contributed by atoms with Gasteiger partial charge in [-0.2, -0.15) is 9.29 Å². The van der Waals surface area contributed by atoms with E-state index < -0.39 is 10.0 Å². The first-order chi connectivity index (χ1) is 14.1. The summed E-state index contributed by atoms with van der Waals surface area (Å²) in [4.78, 5) is 4.71. The van der Waals surface area contributed by atoms with Crippen molar-refractivity contribution in [3.63, 3.8) is 0 Å². The van der Waals surface area contributed by atoms with E-state index in [1.165, 1.54) is 0 Å². The van der Waals surface area contributed by atoms with E-state index in [0.29, 0.717) is 36.2 Å². The first-order valence-corrected chi connectivity index (χ1v) is 11.3. The Bertz CT molecular complexity index is 1030. The minimum atomic E-state index is -3.43. The number of nitrogens with zero attached hydrogens (tertiary/aromatic N) is 3. The van der Waals surface area contributed by atoms with Gasteiger partial charge in [0.1, 0.15) is 0 Å². The van der Waals surface area contributed by atoms with Crippen molar-refractivity contribution in [2.45, 2.75) is 37.1 Å². The fraction of sp³-hybridized carbons (Fsp3) is 0.333. The maximum Gasteiger partial charge on any atom is 0.257 e. The van der Waals surface area contributed by atoms with E-state index >= 15 is 0 Å². The smallest absolute Gasteiger partial charge is 0.257 e. The molecular weight excluding hydrogens is 388 g/mol. The first kappa shape index (κ1) is 19.6. The Hall–Kier alpha value is -2.71. The highest BCUT2D eigenvalue weighted by molar-refractivity contribution is 7.89. The molecule has 8 heteroatoms. The highest BCUT2D eigenvalue weighted by Crippen LogP contribution is 2.22. The number of hydrogen-bond acceptors (Lipinski definition) is 6. The summed E-state index contributed by atoms with van der Waals surface area (Å²) in [5, 5.41) is 7.18. The number of anilines is 1. The van der Waals surface area contributed by atoms with Crippen molar-refractivity contribution >= 4 is 15.7 Å². The largest absolute Gasteiger partial charge is 0.378 e. The van der Waals surface area contributed by atoms with Gasteiger partial charge in [0.15, 0.2) is 5.82 Å². The lowest BCUT2D eigenvalue weighted by molar-refractivity contribution is 0.423. The normalized spacial score (nSPS) is 15.7. The molecule has 7 nitrogen and oxygen atoms in total. The maximum absolute atomic E-state index is 12.8. The summed E-state index contributed by atoms with van der Waals surface area (Å²) in [6, 6.07) is 16.4. The molecule has 1 aliphatic rings. The van der Waals surface area contributed by atoms with Crippen molar-refractivity contribution in [3.05, 3.63) is 60.4 Å². The first-order valence-electron chi connectivity index (χ1n) is 9.85. The third kappa shape index (κ3) is 4.65. The SMILES string of the molecule is O=S(=O)(c1ccc(NCc2noc(-c3ccccc3)n2)cc1)N1CCCCCC1. The fourth-order valence-corrected chi connectivity index (χ4v) is 4.90. The number of nitrogens with one attached hydrogen (secondary N) is 1. The van der Waals surface area contributed by atoms with E-state index in [1.54, 1.807) is 28.6 Å². The van der Waals surface area contributed by atoms with E-state index in [4.69, 9.17) is 4.52 Å². The minimum Gasteiger partial charge on any atom is -0.378 e. The van der Waals surface area contributed by atoms with Crippen LogP contribution in [0.15, 0.2) is 64.0 Å². The molecule has 1 fully saturated rings. The Kier molecular flexibility index (Phi) is 5.92. The van der Waals surface area contributed by atoms with E-state index in [1.807, 2.05) is 30.3 Å². The molecule has 2 aromatic carbocycles. The van der Waals surface area contributed by atoms with Crippen LogP contribution in [0.25, 0.3) is 11.5 Å². The Morgan fingerprint density at radius 3 is 2.31 bits per heavy atom. The van der Waals surface area contributed by atoms with Crippen LogP contribution >= 0.6 is 0 Å². The van der Waals surface area contributed by atoms with Crippen LogP contribution in [-0.2, 0) is 16.6 Å². The lowest BCUT2D eigenvalue weighted by Crippen LogP contribution is -2.31. The summed E-state index contributed by atoms with van der Waals surface area (Å²) in [6.45, 7) is 1.59. The van der Waals surface area contributed by atoms with Gasteiger partial charge in [0, 0.05) is 24.3 Å². The van der Waals surface area contributed by atoms with Crippen LogP contribution in [0.1, 0.15) is 31.5 Å². The number of aromatic nitrogens is 2. The summed E-state index contributed by atoms with van der Waals surface area (Å²) in [5.74, 6) is 1.01. The molecule has 2 heterocycles. The van der Waals surface area contributed by atoms with Gasteiger partial charge >= 0.3 is 0 Å². The monoisotopic (exact) mass is 412 g/mol. The fourth-order valence-electron chi connectivity index (χ4n) is 3.38.